The van der Waals surface area contributed by atoms with Gasteiger partial charge < -0.3 is 10.1 Å². The Bertz CT molecular complexity index is 659. The van der Waals surface area contributed by atoms with Gasteiger partial charge in [-0.2, -0.15) is 0 Å². The number of hydrogen-bond acceptors (Lipinski definition) is 3. The van der Waals surface area contributed by atoms with E-state index in [2.05, 4.69) is 12.2 Å². The van der Waals surface area contributed by atoms with Crippen molar-refractivity contribution in [2.24, 2.45) is 23.2 Å². The number of hydrogen-bond donors (Lipinski definition) is 1. The molecule has 4 aliphatic carbocycles. The molecule has 1 atom stereocenters. The van der Waals surface area contributed by atoms with Crippen molar-refractivity contribution in [3.63, 3.8) is 0 Å². The zero-order chi connectivity index (χ0) is 18.3. The Kier molecular flexibility index (Phi) is 4.54. The van der Waals surface area contributed by atoms with E-state index in [-0.39, 0.29) is 24.0 Å². The van der Waals surface area contributed by atoms with Crippen molar-refractivity contribution in [2.45, 2.75) is 58.4 Å². The third kappa shape index (κ3) is 3.38. The number of carbonyl (C=O) groups is 2. The summed E-state index contributed by atoms with van der Waals surface area (Å²) >= 11 is 0. The lowest BCUT2D eigenvalue weighted by Gasteiger charge is -2.59. The predicted octanol–water partition coefficient (Wildman–Crippen LogP) is 3.87. The highest BCUT2D eigenvalue weighted by atomic mass is 16.5. The highest BCUT2D eigenvalue weighted by Crippen LogP contribution is 2.61. The Hall–Kier alpha value is -1.84. The van der Waals surface area contributed by atoms with Gasteiger partial charge in [-0.05, 0) is 87.7 Å². The van der Waals surface area contributed by atoms with Crippen molar-refractivity contribution in [3.8, 4) is 0 Å². The van der Waals surface area contributed by atoms with Crippen LogP contribution in [0.2, 0.25) is 0 Å². The van der Waals surface area contributed by atoms with Gasteiger partial charge >= 0.3 is 5.97 Å². The SMILES string of the molecule is Cc1ccc(C(=O)OCC(=O)N[C@H](C)C23CC4CC(CC(C4)C2)C3)cc1. The molecule has 4 heteroatoms. The predicted molar refractivity (Wildman–Crippen MR) is 99.7 cm³/mol. The molecule has 0 saturated heterocycles. The number of rotatable bonds is 5. The quantitative estimate of drug-likeness (QED) is 0.816. The van der Waals surface area contributed by atoms with E-state index in [1.807, 2.05) is 19.1 Å². The molecule has 1 amide bonds. The normalized spacial score (nSPS) is 32.9. The fourth-order valence-corrected chi connectivity index (χ4v) is 6.05. The van der Waals surface area contributed by atoms with E-state index in [9.17, 15) is 9.59 Å². The molecule has 0 aliphatic heterocycles. The topological polar surface area (TPSA) is 55.4 Å². The molecule has 0 radical (unpaired) electrons. The molecule has 5 rings (SSSR count). The molecule has 4 saturated carbocycles. The first-order chi connectivity index (χ1) is 12.4. The number of carbonyl (C=O) groups excluding carboxylic acids is 2. The molecule has 1 N–H and O–H groups in total. The second-order valence-electron chi connectivity index (χ2n) is 9.01. The van der Waals surface area contributed by atoms with E-state index in [0.29, 0.717) is 5.56 Å². The highest BCUT2D eigenvalue weighted by Gasteiger charge is 2.53. The Morgan fingerprint density at radius 1 is 1.08 bits per heavy atom. The van der Waals surface area contributed by atoms with Crippen LogP contribution in [0.1, 0.15) is 61.4 Å². The number of esters is 1. The van der Waals surface area contributed by atoms with Crippen molar-refractivity contribution in [3.05, 3.63) is 35.4 Å². The molecule has 4 fully saturated rings. The van der Waals surface area contributed by atoms with Crippen molar-refractivity contribution < 1.29 is 14.3 Å². The van der Waals surface area contributed by atoms with Crippen molar-refractivity contribution in [2.75, 3.05) is 6.61 Å². The molecule has 4 aliphatic rings. The van der Waals surface area contributed by atoms with E-state index in [1.54, 1.807) is 12.1 Å². The molecule has 26 heavy (non-hydrogen) atoms. The summed E-state index contributed by atoms with van der Waals surface area (Å²) in [6.45, 7) is 3.91. The molecular formula is C22H29NO3. The molecule has 1 aromatic rings. The molecule has 0 spiro atoms. The number of aryl methyl sites for hydroxylation is 1. The maximum Gasteiger partial charge on any atom is 0.338 e. The summed E-state index contributed by atoms with van der Waals surface area (Å²) < 4.78 is 5.20. The fourth-order valence-electron chi connectivity index (χ4n) is 6.05. The monoisotopic (exact) mass is 355 g/mol. The number of nitrogens with one attached hydrogen (secondary N) is 1. The first kappa shape index (κ1) is 17.6. The van der Waals surface area contributed by atoms with Gasteiger partial charge in [0.1, 0.15) is 0 Å². The number of ether oxygens (including phenoxy) is 1. The van der Waals surface area contributed by atoms with E-state index < -0.39 is 5.97 Å². The summed E-state index contributed by atoms with van der Waals surface area (Å²) in [5.74, 6) is 1.95. The summed E-state index contributed by atoms with van der Waals surface area (Å²) in [6.07, 6.45) is 7.95. The summed E-state index contributed by atoms with van der Waals surface area (Å²) in [6, 6.07) is 7.35. The average molecular weight is 355 g/mol. The van der Waals surface area contributed by atoms with Crippen LogP contribution in [-0.2, 0) is 9.53 Å². The van der Waals surface area contributed by atoms with E-state index in [1.165, 1.54) is 38.5 Å². The van der Waals surface area contributed by atoms with Crippen molar-refractivity contribution >= 4 is 11.9 Å². The van der Waals surface area contributed by atoms with Gasteiger partial charge in [0.05, 0.1) is 5.56 Å². The van der Waals surface area contributed by atoms with Gasteiger partial charge in [0.15, 0.2) is 6.61 Å². The Balaban J connectivity index is 1.31. The van der Waals surface area contributed by atoms with Crippen LogP contribution in [0.15, 0.2) is 24.3 Å². The van der Waals surface area contributed by atoms with Gasteiger partial charge in [-0.1, -0.05) is 17.7 Å². The summed E-state index contributed by atoms with van der Waals surface area (Å²) in [5.41, 5.74) is 1.84. The second-order valence-corrected chi connectivity index (χ2v) is 9.01. The highest BCUT2D eigenvalue weighted by molar-refractivity contribution is 5.91. The van der Waals surface area contributed by atoms with E-state index >= 15 is 0 Å². The summed E-state index contributed by atoms with van der Waals surface area (Å²) in [5, 5.41) is 3.14. The standard InChI is InChI=1S/C22H29NO3/c1-14-3-5-19(6-4-14)21(25)26-13-20(24)23-15(2)22-10-16-7-17(11-22)9-18(8-16)12-22/h3-6,15-18H,7-13H2,1-2H3,(H,23,24)/t15-,16?,17?,18?,22?/m1/s1. The Labute approximate surface area is 155 Å². The van der Waals surface area contributed by atoms with Crippen molar-refractivity contribution in [1.29, 1.82) is 0 Å². The molecule has 140 valence electrons. The lowest BCUT2D eigenvalue weighted by atomic mass is 9.48. The first-order valence-electron chi connectivity index (χ1n) is 9.97. The van der Waals surface area contributed by atoms with Crippen LogP contribution in [0, 0.1) is 30.1 Å². The maximum absolute atomic E-state index is 12.3. The molecule has 1 aromatic carbocycles. The summed E-state index contributed by atoms with van der Waals surface area (Å²) in [7, 11) is 0. The van der Waals surface area contributed by atoms with Crippen LogP contribution in [0.5, 0.6) is 0 Å². The third-order valence-electron chi connectivity index (χ3n) is 7.00. The van der Waals surface area contributed by atoms with Crippen LogP contribution in [0.4, 0.5) is 0 Å². The zero-order valence-electron chi connectivity index (χ0n) is 15.8. The summed E-state index contributed by atoms with van der Waals surface area (Å²) in [4.78, 5) is 24.4. The van der Waals surface area contributed by atoms with Gasteiger partial charge in [0, 0.05) is 6.04 Å². The van der Waals surface area contributed by atoms with Crippen LogP contribution >= 0.6 is 0 Å². The van der Waals surface area contributed by atoms with Gasteiger partial charge in [0.2, 0.25) is 0 Å². The molecule has 4 bridgehead atoms. The Morgan fingerprint density at radius 2 is 1.62 bits per heavy atom. The molecule has 0 unspecified atom stereocenters. The molecule has 4 nitrogen and oxygen atoms in total. The van der Waals surface area contributed by atoms with Gasteiger partial charge in [-0.15, -0.1) is 0 Å². The van der Waals surface area contributed by atoms with Crippen LogP contribution < -0.4 is 5.32 Å². The van der Waals surface area contributed by atoms with Crippen molar-refractivity contribution in [1.82, 2.24) is 5.32 Å². The minimum Gasteiger partial charge on any atom is -0.452 e. The lowest BCUT2D eigenvalue weighted by molar-refractivity contribution is -0.128. The lowest BCUT2D eigenvalue weighted by Crippen LogP contribution is -2.56. The largest absolute Gasteiger partial charge is 0.452 e. The van der Waals surface area contributed by atoms with Crippen LogP contribution in [0.3, 0.4) is 0 Å². The molecule has 0 heterocycles. The third-order valence-corrected chi connectivity index (χ3v) is 7.00. The minimum absolute atomic E-state index is 0.154. The Morgan fingerprint density at radius 3 is 2.15 bits per heavy atom. The van der Waals surface area contributed by atoms with E-state index in [0.717, 1.165) is 23.3 Å². The van der Waals surface area contributed by atoms with Crippen LogP contribution in [-0.4, -0.2) is 24.5 Å². The van der Waals surface area contributed by atoms with E-state index in [4.69, 9.17) is 4.74 Å². The van der Waals surface area contributed by atoms with Crippen LogP contribution in [0.25, 0.3) is 0 Å². The van der Waals surface area contributed by atoms with Gasteiger partial charge in [-0.3, -0.25) is 4.79 Å². The smallest absolute Gasteiger partial charge is 0.338 e. The number of benzene rings is 1. The van der Waals surface area contributed by atoms with Gasteiger partial charge in [-0.25, -0.2) is 4.79 Å². The molecular weight excluding hydrogens is 326 g/mol. The fraction of sp³-hybridized carbons (Fsp3) is 0.636. The zero-order valence-corrected chi connectivity index (χ0v) is 15.8. The second kappa shape index (κ2) is 6.71. The first-order valence-corrected chi connectivity index (χ1v) is 9.97. The average Bonchev–Trinajstić information content (AvgIpc) is 2.59. The number of amides is 1. The van der Waals surface area contributed by atoms with Gasteiger partial charge in [0.25, 0.3) is 5.91 Å². The molecule has 0 aromatic heterocycles. The maximum atomic E-state index is 12.3. The minimum atomic E-state index is -0.442.